The zero-order valence-electron chi connectivity index (χ0n) is 9.98. The van der Waals surface area contributed by atoms with Crippen molar-refractivity contribution in [1.82, 2.24) is 15.6 Å². The second kappa shape index (κ2) is 8.04. The highest BCUT2D eigenvalue weighted by atomic mass is 35.5. The molecule has 1 aromatic rings. The summed E-state index contributed by atoms with van der Waals surface area (Å²) >= 11 is 5.74. The van der Waals surface area contributed by atoms with E-state index in [9.17, 15) is 14.4 Å². The third-order valence-corrected chi connectivity index (χ3v) is 2.38. The molecule has 0 atom stereocenters. The molecular formula is C11H13ClN4O3. The van der Waals surface area contributed by atoms with Crippen molar-refractivity contribution in [2.75, 3.05) is 18.4 Å². The molecule has 3 N–H and O–H groups in total. The molecule has 19 heavy (non-hydrogen) atoms. The van der Waals surface area contributed by atoms with Crippen LogP contribution in [0.5, 0.6) is 0 Å². The Morgan fingerprint density at radius 2 is 2.11 bits per heavy atom. The number of nitrogens with one attached hydrogen (secondary N) is 3. The standard InChI is InChI=1S/C11H13ClN4O3/c12-9-8(3-1-5-14-9)16-11(19)10(18)15-6-2-4-13-7-17/h1,3,5,7H,2,4,6H2,(H,13,17)(H,15,18)(H,16,19). The zero-order chi connectivity index (χ0) is 14.1. The van der Waals surface area contributed by atoms with Gasteiger partial charge in [-0.1, -0.05) is 11.6 Å². The summed E-state index contributed by atoms with van der Waals surface area (Å²) < 4.78 is 0. The lowest BCUT2D eigenvalue weighted by Gasteiger charge is -2.07. The van der Waals surface area contributed by atoms with E-state index in [-0.39, 0.29) is 17.4 Å². The average molecular weight is 285 g/mol. The molecule has 102 valence electrons. The first-order valence-electron chi connectivity index (χ1n) is 5.52. The van der Waals surface area contributed by atoms with Gasteiger partial charge >= 0.3 is 11.8 Å². The Morgan fingerprint density at radius 1 is 1.32 bits per heavy atom. The summed E-state index contributed by atoms with van der Waals surface area (Å²) in [5.41, 5.74) is 0.270. The maximum absolute atomic E-state index is 11.5. The number of carbonyl (C=O) groups is 3. The SMILES string of the molecule is O=CNCCCNC(=O)C(=O)Nc1cccnc1Cl. The molecule has 0 fully saturated rings. The molecule has 7 nitrogen and oxygen atoms in total. The average Bonchev–Trinajstić information content (AvgIpc) is 2.41. The predicted molar refractivity (Wildman–Crippen MR) is 69.6 cm³/mol. The number of amides is 3. The summed E-state index contributed by atoms with van der Waals surface area (Å²) in [4.78, 5) is 36.6. The van der Waals surface area contributed by atoms with Gasteiger partial charge in [-0.2, -0.15) is 0 Å². The van der Waals surface area contributed by atoms with Gasteiger partial charge in [-0.15, -0.1) is 0 Å². The van der Waals surface area contributed by atoms with Gasteiger partial charge in [-0.05, 0) is 18.6 Å². The monoisotopic (exact) mass is 284 g/mol. The minimum Gasteiger partial charge on any atom is -0.359 e. The van der Waals surface area contributed by atoms with Crippen LogP contribution in [0.25, 0.3) is 0 Å². The molecule has 0 unspecified atom stereocenters. The summed E-state index contributed by atoms with van der Waals surface area (Å²) in [5.74, 6) is -1.59. The van der Waals surface area contributed by atoms with Crippen molar-refractivity contribution < 1.29 is 14.4 Å². The quantitative estimate of drug-likeness (QED) is 0.294. The molecule has 0 aromatic carbocycles. The molecule has 0 aliphatic carbocycles. The van der Waals surface area contributed by atoms with E-state index in [0.29, 0.717) is 19.4 Å². The van der Waals surface area contributed by atoms with Gasteiger partial charge in [-0.3, -0.25) is 14.4 Å². The molecule has 1 heterocycles. The molecule has 0 spiro atoms. The summed E-state index contributed by atoms with van der Waals surface area (Å²) in [6.07, 6.45) is 2.57. The second-order valence-electron chi connectivity index (χ2n) is 3.48. The van der Waals surface area contributed by atoms with Gasteiger partial charge in [0.15, 0.2) is 5.15 Å². The minimum absolute atomic E-state index is 0.110. The highest BCUT2D eigenvalue weighted by Crippen LogP contribution is 2.16. The Bertz CT molecular complexity index is 467. The van der Waals surface area contributed by atoms with E-state index in [1.807, 2.05) is 0 Å². The number of rotatable bonds is 6. The van der Waals surface area contributed by atoms with Gasteiger partial charge in [0.2, 0.25) is 6.41 Å². The third-order valence-electron chi connectivity index (χ3n) is 2.08. The van der Waals surface area contributed by atoms with Gasteiger partial charge in [0.1, 0.15) is 0 Å². The van der Waals surface area contributed by atoms with Crippen LogP contribution in [0.15, 0.2) is 18.3 Å². The minimum atomic E-state index is -0.821. The Morgan fingerprint density at radius 3 is 2.79 bits per heavy atom. The number of carbonyl (C=O) groups excluding carboxylic acids is 3. The summed E-state index contributed by atoms with van der Waals surface area (Å²) in [6, 6.07) is 3.12. The lowest BCUT2D eigenvalue weighted by Crippen LogP contribution is -2.36. The molecule has 0 saturated heterocycles. The van der Waals surface area contributed by atoms with Crippen molar-refractivity contribution in [2.45, 2.75) is 6.42 Å². The molecule has 0 saturated carbocycles. The molecule has 0 aliphatic heterocycles. The molecule has 8 heteroatoms. The highest BCUT2D eigenvalue weighted by Gasteiger charge is 2.14. The van der Waals surface area contributed by atoms with E-state index in [1.54, 1.807) is 6.07 Å². The third kappa shape index (κ3) is 5.35. The van der Waals surface area contributed by atoms with Gasteiger partial charge < -0.3 is 16.0 Å². The number of halogens is 1. The van der Waals surface area contributed by atoms with Crippen molar-refractivity contribution in [3.05, 3.63) is 23.5 Å². The number of aromatic nitrogens is 1. The van der Waals surface area contributed by atoms with E-state index in [0.717, 1.165) is 0 Å². The van der Waals surface area contributed by atoms with E-state index in [2.05, 4.69) is 20.9 Å². The number of hydrogen-bond acceptors (Lipinski definition) is 4. The van der Waals surface area contributed by atoms with Crippen molar-refractivity contribution in [3.63, 3.8) is 0 Å². The number of hydrogen-bond donors (Lipinski definition) is 3. The predicted octanol–water partition coefficient (Wildman–Crippen LogP) is -0.0742. The van der Waals surface area contributed by atoms with Crippen molar-refractivity contribution in [3.8, 4) is 0 Å². The fourth-order valence-corrected chi connectivity index (χ4v) is 1.36. The van der Waals surface area contributed by atoms with Crippen LogP contribution in [0.4, 0.5) is 5.69 Å². The van der Waals surface area contributed by atoms with E-state index in [4.69, 9.17) is 11.6 Å². The first-order valence-corrected chi connectivity index (χ1v) is 5.89. The first-order chi connectivity index (χ1) is 9.15. The topological polar surface area (TPSA) is 100 Å². The van der Waals surface area contributed by atoms with Crippen molar-refractivity contribution in [2.24, 2.45) is 0 Å². The first kappa shape index (κ1) is 14.9. The largest absolute Gasteiger partial charge is 0.359 e. The molecule has 0 aliphatic rings. The van der Waals surface area contributed by atoms with Crippen LogP contribution >= 0.6 is 11.6 Å². The lowest BCUT2D eigenvalue weighted by molar-refractivity contribution is -0.136. The van der Waals surface area contributed by atoms with Gasteiger partial charge in [0, 0.05) is 19.3 Å². The summed E-state index contributed by atoms with van der Waals surface area (Å²) in [6.45, 7) is 0.716. The molecule has 3 amide bonds. The van der Waals surface area contributed by atoms with Crippen LogP contribution in [0.3, 0.4) is 0 Å². The molecule has 1 aromatic heterocycles. The molecule has 1 rings (SSSR count). The maximum atomic E-state index is 11.5. The smallest absolute Gasteiger partial charge is 0.313 e. The van der Waals surface area contributed by atoms with Crippen LogP contribution in [0.1, 0.15) is 6.42 Å². The fraction of sp³-hybridized carbons (Fsp3) is 0.273. The van der Waals surface area contributed by atoms with Crippen LogP contribution in [-0.2, 0) is 14.4 Å². The Kier molecular flexibility index (Phi) is 6.31. The van der Waals surface area contributed by atoms with Crippen molar-refractivity contribution in [1.29, 1.82) is 0 Å². The van der Waals surface area contributed by atoms with E-state index >= 15 is 0 Å². The number of pyridine rings is 1. The molecule has 0 radical (unpaired) electrons. The highest BCUT2D eigenvalue weighted by molar-refractivity contribution is 6.41. The Hall–Kier alpha value is -2.15. The van der Waals surface area contributed by atoms with Crippen LogP contribution in [0.2, 0.25) is 5.15 Å². The van der Waals surface area contributed by atoms with Gasteiger partial charge in [0.05, 0.1) is 5.69 Å². The zero-order valence-corrected chi connectivity index (χ0v) is 10.7. The number of anilines is 1. The van der Waals surface area contributed by atoms with Crippen LogP contribution < -0.4 is 16.0 Å². The Balaban J connectivity index is 2.35. The summed E-state index contributed by atoms with van der Waals surface area (Å²) in [7, 11) is 0. The van der Waals surface area contributed by atoms with Gasteiger partial charge in [0.25, 0.3) is 0 Å². The summed E-state index contributed by atoms with van der Waals surface area (Å²) in [5, 5.41) is 7.31. The van der Waals surface area contributed by atoms with Crippen LogP contribution in [0, 0.1) is 0 Å². The lowest BCUT2D eigenvalue weighted by atomic mass is 10.4. The van der Waals surface area contributed by atoms with Crippen LogP contribution in [-0.4, -0.2) is 36.3 Å². The number of nitrogens with zero attached hydrogens (tertiary/aromatic N) is 1. The van der Waals surface area contributed by atoms with E-state index in [1.165, 1.54) is 12.3 Å². The Labute approximate surface area is 114 Å². The fourth-order valence-electron chi connectivity index (χ4n) is 1.19. The van der Waals surface area contributed by atoms with Gasteiger partial charge in [-0.25, -0.2) is 4.98 Å². The molecular weight excluding hydrogens is 272 g/mol. The second-order valence-corrected chi connectivity index (χ2v) is 3.84. The van der Waals surface area contributed by atoms with E-state index < -0.39 is 11.8 Å². The normalized spacial score (nSPS) is 9.53. The molecule has 0 bridgehead atoms. The maximum Gasteiger partial charge on any atom is 0.313 e. The van der Waals surface area contributed by atoms with Crippen molar-refractivity contribution >= 4 is 35.5 Å².